The van der Waals surface area contributed by atoms with Crippen molar-refractivity contribution in [2.24, 2.45) is 23.7 Å². The van der Waals surface area contributed by atoms with Crippen LogP contribution in [-0.4, -0.2) is 17.7 Å². The predicted molar refractivity (Wildman–Crippen MR) is 132 cm³/mol. The molecule has 3 aliphatic rings. The molecular weight excluding hydrogens is 440 g/mol. The molecule has 6 heteroatoms. The molecule has 0 spiro atoms. The maximum atomic E-state index is 13.1. The molecule has 0 radical (unpaired) electrons. The van der Waals surface area contributed by atoms with Crippen molar-refractivity contribution in [3.05, 3.63) is 96.1 Å². The molecule has 0 unspecified atom stereocenters. The fourth-order valence-electron chi connectivity index (χ4n) is 5.50. The first-order chi connectivity index (χ1) is 17.0. The summed E-state index contributed by atoms with van der Waals surface area (Å²) in [6.07, 6.45) is 5.03. The summed E-state index contributed by atoms with van der Waals surface area (Å²) in [7, 11) is 0. The third kappa shape index (κ3) is 3.71. The van der Waals surface area contributed by atoms with Gasteiger partial charge in [-0.2, -0.15) is 0 Å². The van der Waals surface area contributed by atoms with E-state index in [1.165, 1.54) is 4.90 Å². The van der Waals surface area contributed by atoms with Gasteiger partial charge in [0.1, 0.15) is 11.5 Å². The molecule has 1 saturated heterocycles. The summed E-state index contributed by atoms with van der Waals surface area (Å²) in [5, 5.41) is 2.87. The van der Waals surface area contributed by atoms with Crippen molar-refractivity contribution in [1.82, 2.24) is 0 Å². The fourth-order valence-corrected chi connectivity index (χ4v) is 5.50. The molecule has 174 valence electrons. The standard InChI is InChI=1S/C29H24N2O4/c1-17-5-11-23(12-6-17)35-24-13-9-21(10-14-24)30-27(32)20-3-2-4-22(16-20)31-28(33)25-18-7-8-19(15-18)26(25)29(31)34/h2-14,16,18-19,25-26H,15H2,1H3,(H,30,32)/t18-,19-,25+,26+/m0/s1. The zero-order chi connectivity index (χ0) is 24.1. The van der Waals surface area contributed by atoms with Gasteiger partial charge >= 0.3 is 0 Å². The van der Waals surface area contributed by atoms with E-state index in [-0.39, 0.29) is 41.4 Å². The highest BCUT2D eigenvalue weighted by Gasteiger charge is 2.59. The Morgan fingerprint density at radius 3 is 2.09 bits per heavy atom. The summed E-state index contributed by atoms with van der Waals surface area (Å²) in [6.45, 7) is 2.02. The Kier molecular flexibility index (Phi) is 5.02. The first-order valence-electron chi connectivity index (χ1n) is 11.8. The number of hydrogen-bond donors (Lipinski definition) is 1. The zero-order valence-electron chi connectivity index (χ0n) is 19.2. The zero-order valence-corrected chi connectivity index (χ0v) is 19.2. The molecule has 3 aromatic carbocycles. The van der Waals surface area contributed by atoms with Gasteiger partial charge in [0, 0.05) is 11.3 Å². The van der Waals surface area contributed by atoms with Gasteiger partial charge in [-0.15, -0.1) is 0 Å². The molecule has 1 N–H and O–H groups in total. The van der Waals surface area contributed by atoms with Crippen LogP contribution in [0.4, 0.5) is 11.4 Å². The molecular formula is C29H24N2O4. The minimum Gasteiger partial charge on any atom is -0.457 e. The number of carbonyl (C=O) groups excluding carboxylic acids is 3. The second-order valence-electron chi connectivity index (χ2n) is 9.46. The van der Waals surface area contributed by atoms with Gasteiger partial charge in [0.2, 0.25) is 11.8 Å². The number of ether oxygens (including phenoxy) is 1. The number of amides is 3. The highest BCUT2D eigenvalue weighted by molar-refractivity contribution is 6.23. The third-order valence-electron chi connectivity index (χ3n) is 7.21. The molecule has 1 saturated carbocycles. The molecule has 0 aromatic heterocycles. The van der Waals surface area contributed by atoms with Gasteiger partial charge in [0.25, 0.3) is 5.91 Å². The van der Waals surface area contributed by atoms with Gasteiger partial charge in [0.05, 0.1) is 17.5 Å². The Labute approximate surface area is 203 Å². The Morgan fingerprint density at radius 2 is 1.46 bits per heavy atom. The van der Waals surface area contributed by atoms with E-state index >= 15 is 0 Å². The second kappa shape index (κ2) is 8.24. The van der Waals surface area contributed by atoms with Crippen LogP contribution in [0.25, 0.3) is 0 Å². The van der Waals surface area contributed by atoms with Crippen molar-refractivity contribution in [2.75, 3.05) is 10.2 Å². The van der Waals surface area contributed by atoms with Crippen LogP contribution >= 0.6 is 0 Å². The average Bonchev–Trinajstić information content (AvgIpc) is 3.55. The second-order valence-corrected chi connectivity index (χ2v) is 9.46. The van der Waals surface area contributed by atoms with Crippen molar-refractivity contribution in [3.8, 4) is 11.5 Å². The highest BCUT2D eigenvalue weighted by Crippen LogP contribution is 2.53. The number of nitrogens with zero attached hydrogens (tertiary/aromatic N) is 1. The van der Waals surface area contributed by atoms with Crippen molar-refractivity contribution < 1.29 is 19.1 Å². The fraction of sp³-hybridized carbons (Fsp3) is 0.207. The van der Waals surface area contributed by atoms with Crippen LogP contribution in [-0.2, 0) is 9.59 Å². The topological polar surface area (TPSA) is 75.7 Å². The average molecular weight is 465 g/mol. The van der Waals surface area contributed by atoms with Crippen molar-refractivity contribution in [1.29, 1.82) is 0 Å². The van der Waals surface area contributed by atoms with Gasteiger partial charge in [0.15, 0.2) is 0 Å². The number of fused-ring (bicyclic) bond motifs is 5. The van der Waals surface area contributed by atoms with Gasteiger partial charge < -0.3 is 10.1 Å². The minimum absolute atomic E-state index is 0.149. The van der Waals surface area contributed by atoms with Crippen LogP contribution in [0.5, 0.6) is 11.5 Å². The lowest BCUT2D eigenvalue weighted by molar-refractivity contribution is -0.123. The lowest BCUT2D eigenvalue weighted by atomic mass is 9.85. The van der Waals surface area contributed by atoms with Gasteiger partial charge in [-0.1, -0.05) is 35.9 Å². The van der Waals surface area contributed by atoms with Crippen LogP contribution in [0.3, 0.4) is 0 Å². The Morgan fingerprint density at radius 1 is 0.857 bits per heavy atom. The monoisotopic (exact) mass is 464 g/mol. The number of anilines is 2. The lowest BCUT2D eigenvalue weighted by Gasteiger charge is -2.18. The van der Waals surface area contributed by atoms with Crippen LogP contribution in [0, 0.1) is 30.6 Å². The van der Waals surface area contributed by atoms with Crippen molar-refractivity contribution in [2.45, 2.75) is 13.3 Å². The van der Waals surface area contributed by atoms with E-state index in [0.29, 0.717) is 22.7 Å². The molecule has 2 aliphatic carbocycles. The van der Waals surface area contributed by atoms with E-state index < -0.39 is 0 Å². The number of carbonyl (C=O) groups is 3. The number of aryl methyl sites for hydroxylation is 1. The summed E-state index contributed by atoms with van der Waals surface area (Å²) in [5.74, 6) is 0.535. The van der Waals surface area contributed by atoms with Crippen molar-refractivity contribution >= 4 is 29.1 Å². The van der Waals surface area contributed by atoms with Crippen LogP contribution in [0.1, 0.15) is 22.3 Å². The quantitative estimate of drug-likeness (QED) is 0.408. The lowest BCUT2D eigenvalue weighted by Crippen LogP contribution is -2.33. The minimum atomic E-state index is -0.319. The van der Waals surface area contributed by atoms with Gasteiger partial charge in [-0.05, 0) is 79.8 Å². The summed E-state index contributed by atoms with van der Waals surface area (Å²) < 4.78 is 5.83. The number of imide groups is 1. The third-order valence-corrected chi connectivity index (χ3v) is 7.21. The molecule has 2 fully saturated rings. The highest BCUT2D eigenvalue weighted by atomic mass is 16.5. The molecule has 2 bridgehead atoms. The van der Waals surface area contributed by atoms with Gasteiger partial charge in [-0.25, -0.2) is 4.90 Å². The van der Waals surface area contributed by atoms with Crippen molar-refractivity contribution in [3.63, 3.8) is 0 Å². The summed E-state index contributed by atoms with van der Waals surface area (Å²) in [4.78, 5) is 40.4. The van der Waals surface area contributed by atoms with E-state index in [1.54, 1.807) is 48.5 Å². The number of rotatable bonds is 5. The molecule has 6 nitrogen and oxygen atoms in total. The van der Waals surface area contributed by atoms with Crippen LogP contribution in [0.2, 0.25) is 0 Å². The smallest absolute Gasteiger partial charge is 0.255 e. The molecule has 6 rings (SSSR count). The SMILES string of the molecule is Cc1ccc(Oc2ccc(NC(=O)c3cccc(N4C(=O)[C@H]5[C@H](C4=O)[C@H]4C=C[C@H]5C4)c3)cc2)cc1. The molecule has 4 atom stereocenters. The van der Waals surface area contributed by atoms with Crippen LogP contribution < -0.4 is 15.0 Å². The summed E-state index contributed by atoms with van der Waals surface area (Å²) in [5.41, 5.74) is 2.59. The first-order valence-corrected chi connectivity index (χ1v) is 11.8. The van der Waals surface area contributed by atoms with E-state index in [4.69, 9.17) is 4.74 Å². The first kappa shape index (κ1) is 21.4. The van der Waals surface area contributed by atoms with E-state index in [0.717, 1.165) is 17.7 Å². The molecule has 3 aromatic rings. The molecule has 35 heavy (non-hydrogen) atoms. The molecule has 3 amide bonds. The maximum absolute atomic E-state index is 13.1. The summed E-state index contributed by atoms with van der Waals surface area (Å²) >= 11 is 0. The van der Waals surface area contributed by atoms with Crippen LogP contribution in [0.15, 0.2) is 84.9 Å². The predicted octanol–water partition coefficient (Wildman–Crippen LogP) is 5.35. The largest absolute Gasteiger partial charge is 0.457 e. The number of benzene rings is 3. The summed E-state index contributed by atoms with van der Waals surface area (Å²) in [6, 6.07) is 21.6. The Hall–Kier alpha value is -4.19. The normalized spacial score (nSPS) is 24.1. The molecule has 1 aliphatic heterocycles. The van der Waals surface area contributed by atoms with Gasteiger partial charge in [-0.3, -0.25) is 14.4 Å². The Balaban J connectivity index is 1.15. The van der Waals surface area contributed by atoms with E-state index in [1.807, 2.05) is 31.2 Å². The maximum Gasteiger partial charge on any atom is 0.255 e. The number of allylic oxidation sites excluding steroid dienone is 2. The molecule has 1 heterocycles. The Bertz CT molecular complexity index is 1330. The van der Waals surface area contributed by atoms with E-state index in [9.17, 15) is 14.4 Å². The number of nitrogens with one attached hydrogen (secondary N) is 1. The number of hydrogen-bond acceptors (Lipinski definition) is 4. The van der Waals surface area contributed by atoms with E-state index in [2.05, 4.69) is 17.5 Å².